The number of halogens is 1. The van der Waals surface area contributed by atoms with Crippen molar-refractivity contribution in [2.75, 3.05) is 23.4 Å². The summed E-state index contributed by atoms with van der Waals surface area (Å²) in [6, 6.07) is 10.7. The van der Waals surface area contributed by atoms with Crippen LogP contribution in [0, 0.1) is 5.82 Å². The molecule has 6 nitrogen and oxygen atoms in total. The van der Waals surface area contributed by atoms with Gasteiger partial charge in [-0.25, -0.2) is 12.8 Å². The van der Waals surface area contributed by atoms with Gasteiger partial charge in [0.15, 0.2) is 11.6 Å². The molecule has 0 spiro atoms. The van der Waals surface area contributed by atoms with Gasteiger partial charge in [-0.3, -0.25) is 9.52 Å². The normalized spacial score (nSPS) is 11.3. The van der Waals surface area contributed by atoms with Gasteiger partial charge in [-0.05, 0) is 35.9 Å². The molecule has 8 heteroatoms. The molecule has 0 aliphatic heterocycles. The molecule has 0 fully saturated rings. The van der Waals surface area contributed by atoms with Crippen molar-refractivity contribution in [3.63, 3.8) is 0 Å². The van der Waals surface area contributed by atoms with E-state index in [1.54, 1.807) is 24.3 Å². The minimum absolute atomic E-state index is 0.113. The van der Waals surface area contributed by atoms with Crippen LogP contribution >= 0.6 is 0 Å². The highest BCUT2D eigenvalue weighted by atomic mass is 32.2. The van der Waals surface area contributed by atoms with Crippen molar-refractivity contribution < 1.29 is 22.3 Å². The van der Waals surface area contributed by atoms with E-state index in [0.717, 1.165) is 6.26 Å². The molecule has 2 aromatic rings. The van der Waals surface area contributed by atoms with Crippen LogP contribution in [0.15, 0.2) is 48.5 Å². The Morgan fingerprint density at radius 1 is 1.16 bits per heavy atom. The molecule has 0 saturated heterocycles. The largest absolute Gasteiger partial charge is 0.494 e. The first kappa shape index (κ1) is 18.5. The lowest BCUT2D eigenvalue weighted by Gasteiger charge is -2.10. The maximum absolute atomic E-state index is 13.6. The minimum atomic E-state index is -3.47. The molecule has 0 heterocycles. The first-order valence-corrected chi connectivity index (χ1v) is 9.07. The quantitative estimate of drug-likeness (QED) is 0.772. The van der Waals surface area contributed by atoms with Crippen molar-refractivity contribution in [3.05, 3.63) is 59.9 Å². The number of hydrogen-bond donors (Lipinski definition) is 2. The maximum Gasteiger partial charge on any atom is 0.248 e. The Balaban J connectivity index is 2.11. The number of benzene rings is 2. The van der Waals surface area contributed by atoms with Gasteiger partial charge in [-0.2, -0.15) is 0 Å². The highest BCUT2D eigenvalue weighted by Gasteiger charge is 2.08. The average Bonchev–Trinajstić information content (AvgIpc) is 2.53. The van der Waals surface area contributed by atoms with Crippen LogP contribution in [-0.4, -0.2) is 27.7 Å². The fraction of sp³-hybridized carbons (Fsp3) is 0.118. The Labute approximate surface area is 145 Å². The van der Waals surface area contributed by atoms with Gasteiger partial charge in [0.05, 0.1) is 24.7 Å². The predicted octanol–water partition coefficient (Wildman–Crippen LogP) is 2.86. The summed E-state index contributed by atoms with van der Waals surface area (Å²) in [7, 11) is -2.11. The van der Waals surface area contributed by atoms with E-state index < -0.39 is 21.7 Å². The number of amides is 1. The molecule has 0 atom stereocenters. The van der Waals surface area contributed by atoms with E-state index in [9.17, 15) is 17.6 Å². The van der Waals surface area contributed by atoms with Crippen LogP contribution in [0.4, 0.5) is 15.8 Å². The lowest BCUT2D eigenvalue weighted by Crippen LogP contribution is -2.14. The molecule has 2 N–H and O–H groups in total. The number of rotatable bonds is 6. The lowest BCUT2D eigenvalue weighted by atomic mass is 10.2. The molecule has 2 aromatic carbocycles. The van der Waals surface area contributed by atoms with Crippen molar-refractivity contribution in [2.45, 2.75) is 0 Å². The van der Waals surface area contributed by atoms with E-state index in [1.165, 1.54) is 37.5 Å². The number of methoxy groups -OCH3 is 1. The highest BCUT2D eigenvalue weighted by molar-refractivity contribution is 7.92. The molecule has 0 bridgehead atoms. The fourth-order valence-corrected chi connectivity index (χ4v) is 2.59. The number of sulfonamides is 1. The Morgan fingerprint density at radius 2 is 1.84 bits per heavy atom. The molecule has 0 aromatic heterocycles. The smallest absolute Gasteiger partial charge is 0.248 e. The van der Waals surface area contributed by atoms with E-state index >= 15 is 0 Å². The SMILES string of the molecule is COc1ccc(/C=C/C(=O)Nc2ccccc2NS(C)(=O)=O)cc1F. The first-order valence-electron chi connectivity index (χ1n) is 7.18. The summed E-state index contributed by atoms with van der Waals surface area (Å²) in [5.41, 5.74) is 1.04. The van der Waals surface area contributed by atoms with Crippen LogP contribution < -0.4 is 14.8 Å². The number of anilines is 2. The van der Waals surface area contributed by atoms with E-state index in [0.29, 0.717) is 11.3 Å². The maximum atomic E-state index is 13.6. The van der Waals surface area contributed by atoms with Gasteiger partial charge >= 0.3 is 0 Å². The van der Waals surface area contributed by atoms with Crippen molar-refractivity contribution >= 4 is 33.4 Å². The summed E-state index contributed by atoms with van der Waals surface area (Å²) in [6.07, 6.45) is 3.67. The second-order valence-corrected chi connectivity index (χ2v) is 6.88. The molecule has 2 rings (SSSR count). The van der Waals surface area contributed by atoms with Crippen molar-refractivity contribution in [1.29, 1.82) is 0 Å². The number of para-hydroxylation sites is 2. The molecule has 0 aliphatic rings. The zero-order valence-electron chi connectivity index (χ0n) is 13.6. The zero-order chi connectivity index (χ0) is 18.4. The standard InChI is InChI=1S/C17H17FN2O4S/c1-24-16-9-7-12(11-13(16)18)8-10-17(21)19-14-5-3-4-6-15(14)20-25(2,22)23/h3-11,20H,1-2H3,(H,19,21)/b10-8+. The summed E-state index contributed by atoms with van der Waals surface area (Å²) in [5, 5.41) is 2.57. The van der Waals surface area contributed by atoms with Crippen LogP contribution in [0.3, 0.4) is 0 Å². The third-order valence-electron chi connectivity index (χ3n) is 3.08. The molecule has 0 saturated carbocycles. The van der Waals surface area contributed by atoms with Gasteiger partial charge < -0.3 is 10.1 Å². The Morgan fingerprint density at radius 3 is 2.44 bits per heavy atom. The monoisotopic (exact) mass is 364 g/mol. The number of carbonyl (C=O) groups excluding carboxylic acids is 1. The molecule has 0 unspecified atom stereocenters. The summed E-state index contributed by atoms with van der Waals surface area (Å²) < 4.78 is 43.4. The predicted molar refractivity (Wildman–Crippen MR) is 95.5 cm³/mol. The van der Waals surface area contributed by atoms with Gasteiger partial charge in [-0.1, -0.05) is 18.2 Å². The van der Waals surface area contributed by atoms with Crippen LogP contribution in [0.25, 0.3) is 6.08 Å². The van der Waals surface area contributed by atoms with Crippen LogP contribution in [0.5, 0.6) is 5.75 Å². The first-order chi connectivity index (χ1) is 11.8. The van der Waals surface area contributed by atoms with Crippen LogP contribution in [0.2, 0.25) is 0 Å². The molecule has 25 heavy (non-hydrogen) atoms. The number of hydrogen-bond acceptors (Lipinski definition) is 4. The summed E-state index contributed by atoms with van der Waals surface area (Å²) >= 11 is 0. The third kappa shape index (κ3) is 5.61. The van der Waals surface area contributed by atoms with E-state index in [-0.39, 0.29) is 11.4 Å². The molecule has 132 valence electrons. The van der Waals surface area contributed by atoms with Gasteiger partial charge in [0, 0.05) is 6.08 Å². The Hall–Kier alpha value is -2.87. The number of ether oxygens (including phenoxy) is 1. The zero-order valence-corrected chi connectivity index (χ0v) is 14.4. The molecular weight excluding hydrogens is 347 g/mol. The van der Waals surface area contributed by atoms with Crippen LogP contribution in [-0.2, 0) is 14.8 Å². The summed E-state index contributed by atoms with van der Waals surface area (Å²) in [4.78, 5) is 12.0. The fourth-order valence-electron chi connectivity index (χ4n) is 2.01. The van der Waals surface area contributed by atoms with E-state index in [4.69, 9.17) is 4.74 Å². The topological polar surface area (TPSA) is 84.5 Å². The number of nitrogens with one attached hydrogen (secondary N) is 2. The van der Waals surface area contributed by atoms with Crippen molar-refractivity contribution in [1.82, 2.24) is 0 Å². The highest BCUT2D eigenvalue weighted by Crippen LogP contribution is 2.22. The Bertz CT molecular complexity index is 911. The molecule has 0 aliphatic carbocycles. The van der Waals surface area contributed by atoms with Gasteiger partial charge in [-0.15, -0.1) is 0 Å². The van der Waals surface area contributed by atoms with Crippen LogP contribution in [0.1, 0.15) is 5.56 Å². The Kier molecular flexibility index (Phi) is 5.76. The van der Waals surface area contributed by atoms with Gasteiger partial charge in [0.1, 0.15) is 0 Å². The second-order valence-electron chi connectivity index (χ2n) is 5.14. The molecule has 0 radical (unpaired) electrons. The summed E-state index contributed by atoms with van der Waals surface area (Å²) in [5.74, 6) is -0.908. The second kappa shape index (κ2) is 7.80. The van der Waals surface area contributed by atoms with E-state index in [2.05, 4.69) is 10.0 Å². The molecular formula is C17H17FN2O4S. The van der Waals surface area contributed by atoms with Gasteiger partial charge in [0.25, 0.3) is 0 Å². The van der Waals surface area contributed by atoms with E-state index in [1.807, 2.05) is 0 Å². The summed E-state index contributed by atoms with van der Waals surface area (Å²) in [6.45, 7) is 0. The lowest BCUT2D eigenvalue weighted by molar-refractivity contribution is -0.111. The minimum Gasteiger partial charge on any atom is -0.494 e. The van der Waals surface area contributed by atoms with Crippen molar-refractivity contribution in [3.8, 4) is 5.75 Å². The molecule has 1 amide bonds. The van der Waals surface area contributed by atoms with Crippen molar-refractivity contribution in [2.24, 2.45) is 0 Å². The average molecular weight is 364 g/mol. The van der Waals surface area contributed by atoms with Gasteiger partial charge in [0.2, 0.25) is 15.9 Å². The number of carbonyl (C=O) groups is 1. The third-order valence-corrected chi connectivity index (χ3v) is 3.67.